The maximum atomic E-state index is 15.1. The number of halogens is 2. The van der Waals surface area contributed by atoms with Gasteiger partial charge < -0.3 is 5.11 Å². The fraction of sp³-hybridized carbons (Fsp3) is 1.00. The van der Waals surface area contributed by atoms with Crippen molar-refractivity contribution in [1.29, 1.82) is 0 Å². The number of alkyl halides is 2. The topological polar surface area (TPSA) is 20.2 Å². The Hall–Kier alpha value is -0.830. The molecule has 1 nitrogen and oxygen atoms in total. The fourth-order valence-corrected chi connectivity index (χ4v) is 7.79. The van der Waals surface area contributed by atoms with Gasteiger partial charge in [-0.25, -0.2) is 8.78 Å². The van der Waals surface area contributed by atoms with Gasteiger partial charge in [0.1, 0.15) is 12.3 Å². The van der Waals surface area contributed by atoms with E-state index in [1.54, 1.807) is 11.8 Å². The summed E-state index contributed by atoms with van der Waals surface area (Å²) in [6.45, 7) is 0. The molecule has 3 aliphatic carbocycles. The molecule has 1 heterocycles. The zero-order valence-corrected chi connectivity index (χ0v) is 16.6. The van der Waals surface area contributed by atoms with Crippen LogP contribution in [0.1, 0.15) is 51.4 Å². The van der Waals surface area contributed by atoms with Crippen molar-refractivity contribution in [3.8, 4) is 0 Å². The third-order valence-electron chi connectivity index (χ3n) is 6.75. The van der Waals surface area contributed by atoms with Crippen LogP contribution in [0.25, 0.3) is 0 Å². The smallest absolute Gasteiger partial charge is 0.138 e. The van der Waals surface area contributed by atoms with Crippen LogP contribution in [0.15, 0.2) is 0 Å². The second kappa shape index (κ2) is 5.99. The molecule has 0 bridgehead atoms. The molecule has 8 unspecified atom stereocenters. The van der Waals surface area contributed by atoms with E-state index in [4.69, 9.17) is 0 Å². The second-order valence-corrected chi connectivity index (χ2v) is 9.07. The Labute approximate surface area is 130 Å². The summed E-state index contributed by atoms with van der Waals surface area (Å²) in [5.41, 5.74) is 0. The molecule has 0 radical (unpaired) electrons. The van der Waals surface area contributed by atoms with E-state index in [-0.39, 0.29) is 16.4 Å². The van der Waals surface area contributed by atoms with E-state index < -0.39 is 18.4 Å². The number of aliphatic hydroxyl groups excluding tert-OH is 1. The van der Waals surface area contributed by atoms with E-state index in [2.05, 4.69) is 0 Å². The van der Waals surface area contributed by atoms with Gasteiger partial charge in [-0.3, -0.25) is 0 Å². The molecule has 8 atom stereocenters. The molecule has 0 aromatic carbocycles. The predicted octanol–water partition coefficient (Wildman–Crippen LogP) is 4.13. The van der Waals surface area contributed by atoms with E-state index >= 15 is 4.39 Å². The minimum absolute atomic E-state index is 0. The maximum Gasteiger partial charge on any atom is 0.138 e. The quantitative estimate of drug-likeness (QED) is 0.518. The van der Waals surface area contributed by atoms with Crippen LogP contribution in [0.5, 0.6) is 0 Å². The molecule has 0 spiro atoms. The van der Waals surface area contributed by atoms with Gasteiger partial charge in [0.15, 0.2) is 0 Å². The SMILES string of the molecule is OC1CCC2C3CCC(C4CCCC4)C(F)C3SC2C1F.[Cm]. The normalized spacial score (nSPS) is 52.0. The fourth-order valence-electron chi connectivity index (χ4n) is 5.66. The Bertz CT molecular complexity index is 393. The van der Waals surface area contributed by atoms with Gasteiger partial charge in [0.2, 0.25) is 0 Å². The first-order valence-corrected chi connectivity index (χ1v) is 9.73. The molecule has 0 aromatic rings. The van der Waals surface area contributed by atoms with Crippen molar-refractivity contribution in [3.05, 3.63) is 0 Å². The molecule has 1 saturated heterocycles. The molecular formula is C17H26CmF2OS. The number of aliphatic hydroxyl groups is 1. The van der Waals surface area contributed by atoms with Crippen LogP contribution in [0.4, 0.5) is 8.78 Å². The molecule has 1 aliphatic heterocycles. The van der Waals surface area contributed by atoms with Crippen molar-refractivity contribution in [2.45, 2.75) is 80.3 Å². The molecule has 128 valence electrons. The van der Waals surface area contributed by atoms with Crippen molar-refractivity contribution >= 4 is 11.8 Å². The van der Waals surface area contributed by atoms with Crippen LogP contribution in [0.2, 0.25) is 0 Å². The number of hydrogen-bond acceptors (Lipinski definition) is 2. The van der Waals surface area contributed by atoms with Crippen molar-refractivity contribution < 1.29 is 13.9 Å². The van der Waals surface area contributed by atoms with E-state index in [1.165, 1.54) is 25.7 Å². The van der Waals surface area contributed by atoms with E-state index in [9.17, 15) is 9.50 Å². The monoisotopic (exact) mass is 559 g/mol. The van der Waals surface area contributed by atoms with Gasteiger partial charge >= 0.3 is 0 Å². The largest absolute Gasteiger partial charge is 0.390 e. The number of hydrogen-bond donors (Lipinski definition) is 1. The van der Waals surface area contributed by atoms with Crippen LogP contribution in [0.3, 0.4) is 0 Å². The molecule has 1 N–H and O–H groups in total. The first-order valence-electron chi connectivity index (χ1n) is 8.78. The Balaban J connectivity index is 0.00000144. The van der Waals surface area contributed by atoms with Crippen LogP contribution >= 0.6 is 11.8 Å². The van der Waals surface area contributed by atoms with Crippen LogP contribution < -0.4 is 0 Å². The number of rotatable bonds is 1. The van der Waals surface area contributed by atoms with Crippen molar-refractivity contribution in [1.82, 2.24) is 0 Å². The first-order chi connectivity index (χ1) is 10.2. The van der Waals surface area contributed by atoms with E-state index in [0.29, 0.717) is 24.2 Å². The standard InChI is InChI=1S/C17H26F2OS.Cm/c18-14-10(9-3-1-2-4-9)5-6-11-12-7-8-13(20)15(19)17(12)21-16(11)14;/h9-17,20H,1-8H2;. The molecule has 5 heteroatoms. The van der Waals surface area contributed by atoms with Crippen molar-refractivity contribution in [3.63, 3.8) is 0 Å². The van der Waals surface area contributed by atoms with Crippen LogP contribution in [-0.4, -0.2) is 34.1 Å². The van der Waals surface area contributed by atoms with Gasteiger partial charge in [-0.15, -0.1) is 11.8 Å². The summed E-state index contributed by atoms with van der Waals surface area (Å²) < 4.78 is 29.4. The average molecular weight is 563 g/mol. The summed E-state index contributed by atoms with van der Waals surface area (Å²) in [4.78, 5) is 0. The summed E-state index contributed by atoms with van der Waals surface area (Å²) in [7, 11) is 0. The summed E-state index contributed by atoms with van der Waals surface area (Å²) in [6, 6.07) is 0. The molecule has 4 aliphatic rings. The molecule has 0 amide bonds. The van der Waals surface area contributed by atoms with Crippen LogP contribution in [-0.2, 0) is 0 Å². The Morgan fingerprint density at radius 3 is 1.95 bits per heavy atom. The number of fused-ring (bicyclic) bond motifs is 3. The molecule has 0 aromatic heterocycles. The third-order valence-corrected chi connectivity index (χ3v) is 8.59. The average Bonchev–Trinajstić information content (AvgIpc) is 3.11. The zero-order chi connectivity index (χ0) is 14.6. The molecule has 4 fully saturated rings. The second-order valence-electron chi connectivity index (χ2n) is 7.71. The third kappa shape index (κ3) is 2.33. The zero-order valence-electron chi connectivity index (χ0n) is 12.8. The van der Waals surface area contributed by atoms with Crippen molar-refractivity contribution in [2.24, 2.45) is 23.7 Å². The minimum atomic E-state index is -1.14. The summed E-state index contributed by atoms with van der Waals surface area (Å²) in [5, 5.41) is 9.62. The summed E-state index contributed by atoms with van der Waals surface area (Å²) >= 11 is 1.55. The summed E-state index contributed by atoms with van der Waals surface area (Å²) in [6.07, 6.45) is 5.77. The predicted molar refractivity (Wildman–Crippen MR) is 81.9 cm³/mol. The molecule has 4 rings (SSSR count). The van der Waals surface area contributed by atoms with Crippen LogP contribution in [0, 0.1) is 23.7 Å². The van der Waals surface area contributed by atoms with Gasteiger partial charge in [-0.05, 0) is 49.4 Å². The Morgan fingerprint density at radius 2 is 1.27 bits per heavy atom. The molecule has 22 heavy (non-hydrogen) atoms. The minimum Gasteiger partial charge on any atom is -0.390 e. The van der Waals surface area contributed by atoms with Gasteiger partial charge in [-0.2, -0.15) is 0 Å². The Kier molecular flexibility index (Phi) is 4.37. The number of thioether (sulfide) groups is 1. The van der Waals surface area contributed by atoms with Gasteiger partial charge in [0.05, 0.1) is 6.10 Å². The van der Waals surface area contributed by atoms with E-state index in [1.807, 2.05) is 0 Å². The summed E-state index contributed by atoms with van der Waals surface area (Å²) in [5.74, 6) is 1.47. The molecular weight excluding hydrogens is 537 g/mol. The van der Waals surface area contributed by atoms with E-state index in [0.717, 1.165) is 19.3 Å². The maximum absolute atomic E-state index is 15.1. The van der Waals surface area contributed by atoms with Gasteiger partial charge in [0, 0.05) is 10.5 Å². The van der Waals surface area contributed by atoms with Crippen molar-refractivity contribution in [2.75, 3.05) is 0 Å². The van der Waals surface area contributed by atoms with Gasteiger partial charge in [0.25, 0.3) is 0 Å². The van der Waals surface area contributed by atoms with Gasteiger partial charge in [-0.1, -0.05) is 25.7 Å². The Morgan fingerprint density at radius 1 is 0.727 bits per heavy atom. The molecule has 3 saturated carbocycles. The first kappa shape index (κ1) is 16.0.